The predicted octanol–water partition coefficient (Wildman–Crippen LogP) is 0.653. The molecule has 0 spiro atoms. The molecule has 0 aliphatic carbocycles. The highest BCUT2D eigenvalue weighted by molar-refractivity contribution is 7.96. The van der Waals surface area contributed by atoms with Gasteiger partial charge in [-0.3, -0.25) is 0 Å². The molecule has 0 bridgehead atoms. The van der Waals surface area contributed by atoms with E-state index in [4.69, 9.17) is 4.74 Å². The van der Waals surface area contributed by atoms with Crippen molar-refractivity contribution < 1.29 is 4.74 Å². The van der Waals surface area contributed by atoms with Crippen LogP contribution in [0.3, 0.4) is 0 Å². The topological polar surface area (TPSA) is 12.5 Å². The minimum Gasteiger partial charge on any atom is -0.368 e. The van der Waals surface area contributed by atoms with Crippen LogP contribution in [-0.2, 0) is 15.6 Å². The van der Waals surface area contributed by atoms with Crippen LogP contribution >= 0.6 is 0 Å². The summed E-state index contributed by atoms with van der Waals surface area (Å²) in [6.45, 7) is 3.27. The van der Waals surface area contributed by atoms with Crippen molar-refractivity contribution in [3.8, 4) is 0 Å². The molecule has 2 heteroatoms. The van der Waals surface area contributed by atoms with E-state index < -0.39 is 0 Å². The maximum Gasteiger partial charge on any atom is 0.136 e. The van der Waals surface area contributed by atoms with E-state index in [1.807, 2.05) is 0 Å². The fourth-order valence-electron chi connectivity index (χ4n) is 0.599. The van der Waals surface area contributed by atoms with Crippen LogP contribution in [0.4, 0.5) is 0 Å². The summed E-state index contributed by atoms with van der Waals surface area (Å²) in [6.07, 6.45) is 2.95. The molecule has 0 aromatic rings. The van der Waals surface area contributed by atoms with Gasteiger partial charge in [0, 0.05) is 0 Å². The van der Waals surface area contributed by atoms with Crippen LogP contribution in [0.2, 0.25) is 0 Å². The zero-order valence-corrected chi connectivity index (χ0v) is 6.33. The first-order valence-electron chi connectivity index (χ1n) is 3.03. The van der Waals surface area contributed by atoms with E-state index >= 15 is 0 Å². The Kier molecular flexibility index (Phi) is 2.20. The zero-order chi connectivity index (χ0) is 5.98. The van der Waals surface area contributed by atoms with Crippen LogP contribution in [-0.4, -0.2) is 30.5 Å². The normalized spacial score (nSPS) is 30.0. The average molecular weight is 133 g/mol. The van der Waals surface area contributed by atoms with E-state index in [-0.39, 0.29) is 0 Å². The van der Waals surface area contributed by atoms with Gasteiger partial charge in [-0.05, 0) is 17.8 Å². The summed E-state index contributed by atoms with van der Waals surface area (Å²) in [5.74, 6) is 2.62. The third-order valence-corrected chi connectivity index (χ3v) is 3.29. The molecule has 0 saturated carbocycles. The molecule has 0 radical (unpaired) electrons. The Labute approximate surface area is 53.8 Å². The van der Waals surface area contributed by atoms with Crippen LogP contribution in [0.25, 0.3) is 0 Å². The molecule has 1 saturated heterocycles. The van der Waals surface area contributed by atoms with Crippen molar-refractivity contribution in [2.75, 3.05) is 24.4 Å². The van der Waals surface area contributed by atoms with Crippen LogP contribution in [0, 0.1) is 0 Å². The number of epoxide rings is 1. The Hall–Kier alpha value is 0.310. The summed E-state index contributed by atoms with van der Waals surface area (Å²) in [7, 11) is 0.630. The molecule has 1 nitrogen and oxygen atoms in total. The molecule has 0 amide bonds. The van der Waals surface area contributed by atoms with Gasteiger partial charge in [0.2, 0.25) is 0 Å². The second kappa shape index (κ2) is 2.74. The van der Waals surface area contributed by atoms with Crippen molar-refractivity contribution in [3.05, 3.63) is 0 Å². The number of rotatable bonds is 3. The molecule has 0 aromatic carbocycles. The van der Waals surface area contributed by atoms with Gasteiger partial charge in [-0.25, -0.2) is 0 Å². The molecule has 2 unspecified atom stereocenters. The first kappa shape index (κ1) is 6.43. The molecule has 8 heavy (non-hydrogen) atoms. The fraction of sp³-hybridized carbons (Fsp3) is 1.00. The van der Waals surface area contributed by atoms with Gasteiger partial charge in [-0.15, -0.1) is 0 Å². The van der Waals surface area contributed by atoms with Crippen molar-refractivity contribution in [1.29, 1.82) is 0 Å². The Balaban J connectivity index is 1.98. The van der Waals surface area contributed by atoms with E-state index in [9.17, 15) is 0 Å². The third kappa shape index (κ3) is 2.05. The molecule has 48 valence electrons. The van der Waals surface area contributed by atoms with Crippen molar-refractivity contribution in [2.45, 2.75) is 13.0 Å². The average Bonchev–Trinajstić information content (AvgIpc) is 2.50. The van der Waals surface area contributed by atoms with E-state index in [0.29, 0.717) is 17.0 Å². The molecule has 1 aliphatic heterocycles. The number of hydrogen-bond donors (Lipinski definition) is 0. The highest BCUT2D eigenvalue weighted by Gasteiger charge is 2.28. The van der Waals surface area contributed by atoms with E-state index in [2.05, 4.69) is 13.2 Å². The minimum atomic E-state index is 0.630. The summed E-state index contributed by atoms with van der Waals surface area (Å²) < 4.78 is 5.09. The maximum absolute atomic E-state index is 5.09. The van der Waals surface area contributed by atoms with Crippen LogP contribution in [0.15, 0.2) is 0 Å². The Morgan fingerprint density at radius 1 is 1.75 bits per heavy atom. The van der Waals surface area contributed by atoms with Gasteiger partial charge in [-0.1, -0.05) is 0 Å². The highest BCUT2D eigenvalue weighted by atomic mass is 32.2. The lowest BCUT2D eigenvalue weighted by molar-refractivity contribution is 0.425. The predicted molar refractivity (Wildman–Crippen MR) is 38.4 cm³/mol. The van der Waals surface area contributed by atoms with Crippen molar-refractivity contribution in [2.24, 2.45) is 0 Å². The fourth-order valence-corrected chi connectivity index (χ4v) is 1.66. The smallest absolute Gasteiger partial charge is 0.136 e. The van der Waals surface area contributed by atoms with Gasteiger partial charge in [0.15, 0.2) is 0 Å². The monoisotopic (exact) mass is 133 g/mol. The lowest BCUT2D eigenvalue weighted by Gasteiger charge is -1.93. The largest absolute Gasteiger partial charge is 0.368 e. The Morgan fingerprint density at radius 3 is 2.75 bits per heavy atom. The third-order valence-electron chi connectivity index (χ3n) is 1.37. The molecule has 1 aliphatic rings. The lowest BCUT2D eigenvalue weighted by Crippen LogP contribution is -2.11. The standard InChI is InChI=1S/C6H13OS/c1-3-8(2)5-6-4-7-6/h6H,3-5H2,1-2H3/q+1. The summed E-state index contributed by atoms with van der Waals surface area (Å²) in [5.41, 5.74) is 0. The van der Waals surface area contributed by atoms with E-state index in [1.54, 1.807) is 0 Å². The van der Waals surface area contributed by atoms with Crippen molar-refractivity contribution >= 4 is 10.9 Å². The van der Waals surface area contributed by atoms with Crippen LogP contribution in [0.1, 0.15) is 6.92 Å². The maximum atomic E-state index is 5.09. The van der Waals surface area contributed by atoms with E-state index in [1.165, 1.54) is 11.5 Å². The van der Waals surface area contributed by atoms with Gasteiger partial charge < -0.3 is 4.74 Å². The second-order valence-electron chi connectivity index (χ2n) is 2.19. The molecule has 0 aromatic heterocycles. The first-order valence-corrected chi connectivity index (χ1v) is 5.00. The summed E-state index contributed by atoms with van der Waals surface area (Å²) in [6, 6.07) is 0. The molecule has 1 rings (SSSR count). The highest BCUT2D eigenvalue weighted by Crippen LogP contribution is 2.11. The van der Waals surface area contributed by atoms with Crippen LogP contribution in [0.5, 0.6) is 0 Å². The van der Waals surface area contributed by atoms with Gasteiger partial charge in [-0.2, -0.15) is 0 Å². The summed E-state index contributed by atoms with van der Waals surface area (Å²) in [4.78, 5) is 0. The Morgan fingerprint density at radius 2 is 2.38 bits per heavy atom. The Bertz CT molecular complexity index is 70.9. The molecule has 0 N–H and O–H groups in total. The van der Waals surface area contributed by atoms with Gasteiger partial charge in [0.1, 0.15) is 17.6 Å². The van der Waals surface area contributed by atoms with Gasteiger partial charge in [0.05, 0.1) is 12.9 Å². The lowest BCUT2D eigenvalue weighted by atomic mass is 10.6. The van der Waals surface area contributed by atoms with Gasteiger partial charge in [0.25, 0.3) is 0 Å². The van der Waals surface area contributed by atoms with Gasteiger partial charge >= 0.3 is 0 Å². The molecular formula is C6H13OS+. The second-order valence-corrected chi connectivity index (χ2v) is 4.67. The molecule has 2 atom stereocenters. The molecular weight excluding hydrogens is 120 g/mol. The number of hydrogen-bond acceptors (Lipinski definition) is 1. The van der Waals surface area contributed by atoms with Crippen molar-refractivity contribution in [1.82, 2.24) is 0 Å². The van der Waals surface area contributed by atoms with E-state index in [0.717, 1.165) is 6.61 Å². The SMILES string of the molecule is CC[S+](C)CC1CO1. The number of ether oxygens (including phenoxy) is 1. The minimum absolute atomic E-state index is 0.630. The zero-order valence-electron chi connectivity index (χ0n) is 5.52. The van der Waals surface area contributed by atoms with Crippen molar-refractivity contribution in [3.63, 3.8) is 0 Å². The molecule has 1 fully saturated rings. The summed E-state index contributed by atoms with van der Waals surface area (Å²) in [5, 5.41) is 0. The summed E-state index contributed by atoms with van der Waals surface area (Å²) >= 11 is 0. The molecule has 1 heterocycles. The van der Waals surface area contributed by atoms with Crippen LogP contribution < -0.4 is 0 Å². The quantitative estimate of drug-likeness (QED) is 0.407. The first-order chi connectivity index (χ1) is 3.83.